The normalized spacial score (nSPS) is 12.6. The van der Waals surface area contributed by atoms with Crippen molar-refractivity contribution in [3.63, 3.8) is 0 Å². The van der Waals surface area contributed by atoms with Gasteiger partial charge < -0.3 is 14.4 Å². The first-order valence-corrected chi connectivity index (χ1v) is 12.6. The Morgan fingerprint density at radius 1 is 1.18 bits per heavy atom. The number of carbonyl (C=O) groups is 1. The molecule has 0 bridgehead atoms. The largest absolute Gasteiger partial charge is 0.486 e. The number of anilines is 2. The number of nitrogens with zero attached hydrogens (tertiary/aromatic N) is 3. The molecule has 1 amide bonds. The van der Waals surface area contributed by atoms with Gasteiger partial charge in [-0.25, -0.2) is 18.1 Å². The van der Waals surface area contributed by atoms with Gasteiger partial charge in [-0.15, -0.1) is 11.3 Å². The average molecular weight is 485 g/mol. The second-order valence-corrected chi connectivity index (χ2v) is 10.3. The number of rotatable bonds is 6. The highest BCUT2D eigenvalue weighted by molar-refractivity contribution is 7.89. The van der Waals surface area contributed by atoms with Gasteiger partial charge in [-0.3, -0.25) is 4.79 Å². The quantitative estimate of drug-likeness (QED) is 0.566. The molecule has 11 heteroatoms. The fraction of sp³-hybridized carbons (Fsp3) is 0.227. The lowest BCUT2D eigenvalue weighted by Gasteiger charge is -2.24. The van der Waals surface area contributed by atoms with E-state index in [9.17, 15) is 13.2 Å². The minimum atomic E-state index is -3.72. The van der Waals surface area contributed by atoms with Crippen molar-refractivity contribution in [1.29, 1.82) is 5.26 Å². The van der Waals surface area contributed by atoms with E-state index in [4.69, 9.17) is 14.7 Å². The molecule has 33 heavy (non-hydrogen) atoms. The fourth-order valence-electron chi connectivity index (χ4n) is 3.28. The minimum Gasteiger partial charge on any atom is -0.486 e. The number of nitrogens with one attached hydrogen (secondary N) is 1. The van der Waals surface area contributed by atoms with E-state index in [0.717, 1.165) is 17.5 Å². The van der Waals surface area contributed by atoms with E-state index in [1.54, 1.807) is 31.2 Å². The lowest BCUT2D eigenvalue weighted by atomic mass is 10.1. The van der Waals surface area contributed by atoms with E-state index >= 15 is 0 Å². The van der Waals surface area contributed by atoms with Crippen molar-refractivity contribution < 1.29 is 22.7 Å². The van der Waals surface area contributed by atoms with Gasteiger partial charge in [0.05, 0.1) is 24.4 Å². The van der Waals surface area contributed by atoms with Gasteiger partial charge in [0.15, 0.2) is 16.6 Å². The molecule has 1 aliphatic heterocycles. The average Bonchev–Trinajstić information content (AvgIpc) is 3.18. The second kappa shape index (κ2) is 9.09. The zero-order valence-corrected chi connectivity index (χ0v) is 19.5. The monoisotopic (exact) mass is 484 g/mol. The Hall–Kier alpha value is -3.62. The Balaban J connectivity index is 1.71. The van der Waals surface area contributed by atoms with Gasteiger partial charge in [-0.1, -0.05) is 6.07 Å². The number of nitriles is 1. The standard InChI is InChI=1S/C22H20N4O5S2/c1-14-20(21(27)25-33(2,28)29)24-22(32-14)26(17-6-3-15(12-23)4-7-17)13-16-5-8-18-19(11-16)31-10-9-30-18/h3-8,11H,9-10,13H2,1-2H3,(H,25,27). The summed E-state index contributed by atoms with van der Waals surface area (Å²) in [6.07, 6.45) is 0.915. The molecule has 0 spiro atoms. The number of ether oxygens (including phenoxy) is 2. The van der Waals surface area contributed by atoms with Crippen LogP contribution in [0.3, 0.4) is 0 Å². The molecule has 0 fully saturated rings. The summed E-state index contributed by atoms with van der Waals surface area (Å²) in [5, 5.41) is 9.64. The number of hydrogen-bond donors (Lipinski definition) is 1. The molecular formula is C22H20N4O5S2. The summed E-state index contributed by atoms with van der Waals surface area (Å²) >= 11 is 1.27. The van der Waals surface area contributed by atoms with E-state index < -0.39 is 15.9 Å². The number of aryl methyl sites for hydroxylation is 1. The smallest absolute Gasteiger partial charge is 0.284 e. The third-order valence-electron chi connectivity index (χ3n) is 4.76. The van der Waals surface area contributed by atoms with Crippen molar-refractivity contribution >= 4 is 38.1 Å². The third kappa shape index (κ3) is 5.24. The number of carbonyl (C=O) groups excluding carboxylic acids is 1. The van der Waals surface area contributed by atoms with Gasteiger partial charge in [0, 0.05) is 10.6 Å². The van der Waals surface area contributed by atoms with E-state index in [1.807, 2.05) is 27.8 Å². The molecule has 1 aliphatic rings. The topological polar surface area (TPSA) is 122 Å². The Morgan fingerprint density at radius 2 is 1.88 bits per heavy atom. The molecule has 170 valence electrons. The van der Waals surface area contributed by atoms with Crippen molar-refractivity contribution in [1.82, 2.24) is 9.71 Å². The third-order valence-corrected chi connectivity index (χ3v) is 6.31. The fourth-order valence-corrected chi connectivity index (χ4v) is 4.64. The number of fused-ring (bicyclic) bond motifs is 1. The molecule has 9 nitrogen and oxygen atoms in total. The van der Waals surface area contributed by atoms with Gasteiger partial charge in [0.2, 0.25) is 10.0 Å². The van der Waals surface area contributed by atoms with Crippen molar-refractivity contribution in [3.8, 4) is 17.6 Å². The van der Waals surface area contributed by atoms with Crippen molar-refractivity contribution in [2.45, 2.75) is 13.5 Å². The maximum absolute atomic E-state index is 12.4. The van der Waals surface area contributed by atoms with Gasteiger partial charge in [-0.05, 0) is 48.9 Å². The highest BCUT2D eigenvalue weighted by atomic mass is 32.2. The molecule has 0 saturated carbocycles. The van der Waals surface area contributed by atoms with Crippen LogP contribution in [0.15, 0.2) is 42.5 Å². The number of amides is 1. The lowest BCUT2D eigenvalue weighted by molar-refractivity contribution is 0.0977. The van der Waals surface area contributed by atoms with Crippen LogP contribution in [0.5, 0.6) is 11.5 Å². The van der Waals surface area contributed by atoms with Crippen molar-refractivity contribution in [2.24, 2.45) is 0 Å². The zero-order chi connectivity index (χ0) is 23.6. The van der Waals surface area contributed by atoms with Crippen LogP contribution >= 0.6 is 11.3 Å². The molecule has 0 unspecified atom stereocenters. The predicted molar refractivity (Wildman–Crippen MR) is 124 cm³/mol. The Bertz CT molecular complexity index is 1340. The summed E-state index contributed by atoms with van der Waals surface area (Å²) in [5.74, 6) is 0.554. The van der Waals surface area contributed by atoms with Crippen molar-refractivity contribution in [2.75, 3.05) is 24.4 Å². The number of sulfonamides is 1. The molecule has 1 aromatic heterocycles. The highest BCUT2D eigenvalue weighted by Crippen LogP contribution is 2.36. The number of aromatic nitrogens is 1. The first-order chi connectivity index (χ1) is 15.7. The van der Waals surface area contributed by atoms with Crippen LogP contribution in [0.25, 0.3) is 0 Å². The van der Waals surface area contributed by atoms with Gasteiger partial charge in [0.25, 0.3) is 5.91 Å². The zero-order valence-electron chi connectivity index (χ0n) is 17.9. The predicted octanol–water partition coefficient (Wildman–Crippen LogP) is 3.12. The second-order valence-electron chi connectivity index (χ2n) is 7.33. The molecule has 4 rings (SSSR count). The molecule has 0 aliphatic carbocycles. The van der Waals surface area contributed by atoms with Crippen LogP contribution in [-0.2, 0) is 16.6 Å². The number of thiazole rings is 1. The summed E-state index contributed by atoms with van der Waals surface area (Å²) in [7, 11) is -3.72. The van der Waals surface area contributed by atoms with E-state index in [2.05, 4.69) is 11.1 Å². The summed E-state index contributed by atoms with van der Waals surface area (Å²) in [6.45, 7) is 3.07. The molecule has 2 heterocycles. The summed E-state index contributed by atoms with van der Waals surface area (Å²) in [4.78, 5) is 19.3. The summed E-state index contributed by atoms with van der Waals surface area (Å²) < 4.78 is 36.2. The maximum atomic E-state index is 12.4. The molecule has 1 N–H and O–H groups in total. The SMILES string of the molecule is Cc1sc(N(Cc2ccc3c(c2)OCCO3)c2ccc(C#N)cc2)nc1C(=O)NS(C)(=O)=O. The van der Waals surface area contributed by atoms with Crippen molar-refractivity contribution in [3.05, 3.63) is 64.2 Å². The van der Waals surface area contributed by atoms with Crippen LogP contribution in [0, 0.1) is 18.3 Å². The lowest BCUT2D eigenvalue weighted by Crippen LogP contribution is -2.30. The van der Waals surface area contributed by atoms with E-state index in [-0.39, 0.29) is 5.69 Å². The van der Waals surface area contributed by atoms with Crippen LogP contribution in [0.4, 0.5) is 10.8 Å². The highest BCUT2D eigenvalue weighted by Gasteiger charge is 2.23. The molecule has 0 radical (unpaired) electrons. The van der Waals surface area contributed by atoms with Crippen LogP contribution in [0.1, 0.15) is 26.5 Å². The number of benzene rings is 2. The molecule has 0 atom stereocenters. The molecule has 2 aromatic carbocycles. The van der Waals surface area contributed by atoms with Gasteiger partial charge >= 0.3 is 0 Å². The Morgan fingerprint density at radius 3 is 2.55 bits per heavy atom. The molecule has 3 aromatic rings. The minimum absolute atomic E-state index is 0.0428. The van der Waals surface area contributed by atoms with Crippen LogP contribution < -0.4 is 19.1 Å². The molecule has 0 saturated heterocycles. The van der Waals surface area contributed by atoms with Gasteiger partial charge in [-0.2, -0.15) is 5.26 Å². The van der Waals surface area contributed by atoms with E-state index in [1.165, 1.54) is 11.3 Å². The first-order valence-electron chi connectivity index (χ1n) is 9.89. The van der Waals surface area contributed by atoms with Gasteiger partial charge in [0.1, 0.15) is 18.9 Å². The summed E-state index contributed by atoms with van der Waals surface area (Å²) in [5.41, 5.74) is 2.23. The number of hydrogen-bond acceptors (Lipinski definition) is 9. The Kier molecular flexibility index (Phi) is 6.22. The maximum Gasteiger partial charge on any atom is 0.284 e. The Labute approximate surface area is 195 Å². The first kappa shape index (κ1) is 22.6. The summed E-state index contributed by atoms with van der Waals surface area (Å²) in [6, 6.07) is 14.7. The molecular weight excluding hydrogens is 464 g/mol. The van der Waals surface area contributed by atoms with Crippen LogP contribution in [0.2, 0.25) is 0 Å². The van der Waals surface area contributed by atoms with Crippen LogP contribution in [-0.4, -0.2) is 38.8 Å². The van der Waals surface area contributed by atoms with E-state index in [0.29, 0.717) is 46.8 Å².